The van der Waals surface area contributed by atoms with Gasteiger partial charge >= 0.3 is 11.9 Å². The van der Waals surface area contributed by atoms with E-state index in [0.717, 1.165) is 16.5 Å². The van der Waals surface area contributed by atoms with E-state index in [0.29, 0.717) is 35.9 Å². The van der Waals surface area contributed by atoms with E-state index < -0.39 is 55.3 Å². The van der Waals surface area contributed by atoms with Gasteiger partial charge in [-0.2, -0.15) is 8.61 Å². The number of ether oxygens (including phenoxy) is 3. The van der Waals surface area contributed by atoms with E-state index in [1.54, 1.807) is 76.6 Å². The zero-order valence-electron chi connectivity index (χ0n) is 44.3. The summed E-state index contributed by atoms with van der Waals surface area (Å²) in [5.41, 5.74) is 1.96. The third kappa shape index (κ3) is 17.9. The maximum Gasteiger partial charge on any atom is 0.306 e. The third-order valence-electron chi connectivity index (χ3n) is 11.8. The van der Waals surface area contributed by atoms with Crippen molar-refractivity contribution in [1.29, 1.82) is 0 Å². The van der Waals surface area contributed by atoms with Gasteiger partial charge in [0.05, 0.1) is 47.4 Å². The van der Waals surface area contributed by atoms with Crippen LogP contribution in [-0.4, -0.2) is 99.2 Å². The number of hydrogen-bond acceptors (Lipinski definition) is 12. The molecule has 0 fully saturated rings. The van der Waals surface area contributed by atoms with Crippen molar-refractivity contribution in [3.05, 3.63) is 133 Å². The van der Waals surface area contributed by atoms with Crippen LogP contribution in [0.2, 0.25) is 0 Å². The fourth-order valence-corrected chi connectivity index (χ4v) is 11.9. The van der Waals surface area contributed by atoms with Crippen LogP contribution in [0.15, 0.2) is 140 Å². The maximum absolute atomic E-state index is 13.8. The average molecular weight is 1050 g/mol. The summed E-state index contributed by atoms with van der Waals surface area (Å²) >= 11 is 0. The molecule has 398 valence electrons. The monoisotopic (exact) mass is 1040 g/mol. The number of esters is 2. The predicted octanol–water partition coefficient (Wildman–Crippen LogP) is 10.7. The molecule has 4 atom stereocenters. The molecule has 0 bridgehead atoms. The molecule has 0 saturated heterocycles. The summed E-state index contributed by atoms with van der Waals surface area (Å²) in [6.45, 7) is 19.2. The van der Waals surface area contributed by atoms with Gasteiger partial charge in [-0.3, -0.25) is 9.59 Å². The van der Waals surface area contributed by atoms with Gasteiger partial charge in [-0.15, -0.1) is 0 Å². The van der Waals surface area contributed by atoms with Crippen molar-refractivity contribution in [3.8, 4) is 0 Å². The molecule has 0 spiro atoms. The van der Waals surface area contributed by atoms with Gasteiger partial charge in [-0.1, -0.05) is 88.4 Å². The Morgan fingerprint density at radius 2 is 0.959 bits per heavy atom. The molecule has 16 heteroatoms. The van der Waals surface area contributed by atoms with E-state index in [-0.39, 0.29) is 66.0 Å². The standard InChI is InChI=1S/C29H39NO6S.C28H37NO6S/c1-21(2)19-30(37(32,33)25-12-13-26-23(17-25)14-15-35-26)20-27(34-6)24(16-22-10-8-7-9-11-22)18-28(31)36-29(3,4)5;1-20(2)18-29(36(32,33)24-11-12-26-22(16-24)13-14-34-26)19-25(30)23(15-21-9-7-6-8-10-21)17-27(31)35-28(3,4)5/h7-15,17,21,24,27H,16,18-20H2,1-6H3;6-14,16,20,23,25,30H,15,17-19H2,1-5H3/t24-,27-;23-,25-/m11/s1. The highest BCUT2D eigenvalue weighted by Gasteiger charge is 2.35. The Kier molecular flexibility index (Phi) is 20.6. The number of rotatable bonds is 23. The second kappa shape index (κ2) is 25.7. The number of furan rings is 2. The first kappa shape index (κ1) is 58.5. The Labute approximate surface area is 433 Å². The van der Waals surface area contributed by atoms with E-state index in [2.05, 4.69) is 0 Å². The molecule has 73 heavy (non-hydrogen) atoms. The van der Waals surface area contributed by atoms with Gasteiger partial charge in [-0.25, -0.2) is 16.8 Å². The Hall–Kier alpha value is -5.36. The number of nitrogens with zero attached hydrogens (tertiary/aromatic N) is 2. The number of fused-ring (bicyclic) bond motifs is 2. The van der Waals surface area contributed by atoms with Crippen molar-refractivity contribution in [2.45, 2.75) is 128 Å². The normalized spacial score (nSPS) is 14.3. The smallest absolute Gasteiger partial charge is 0.306 e. The van der Waals surface area contributed by atoms with Crippen LogP contribution in [-0.2, 0) is 56.7 Å². The quantitative estimate of drug-likeness (QED) is 0.0600. The third-order valence-corrected chi connectivity index (χ3v) is 15.4. The van der Waals surface area contributed by atoms with Gasteiger partial charge in [0.2, 0.25) is 20.0 Å². The van der Waals surface area contributed by atoms with Crippen molar-refractivity contribution < 1.29 is 54.6 Å². The molecule has 0 saturated carbocycles. The summed E-state index contributed by atoms with van der Waals surface area (Å²) in [5.74, 6) is -1.45. The van der Waals surface area contributed by atoms with Gasteiger partial charge in [0.1, 0.15) is 22.4 Å². The second-order valence-corrected chi connectivity index (χ2v) is 25.4. The minimum Gasteiger partial charge on any atom is -0.464 e. The Bertz CT molecular complexity index is 2900. The summed E-state index contributed by atoms with van der Waals surface area (Å²) in [4.78, 5) is 25.8. The van der Waals surface area contributed by atoms with Crippen molar-refractivity contribution >= 4 is 53.9 Å². The van der Waals surface area contributed by atoms with Crippen LogP contribution in [0.4, 0.5) is 0 Å². The van der Waals surface area contributed by atoms with Gasteiger partial charge in [0.25, 0.3) is 0 Å². The largest absolute Gasteiger partial charge is 0.464 e. The molecule has 2 aromatic heterocycles. The molecule has 1 N–H and O–H groups in total. The first-order valence-electron chi connectivity index (χ1n) is 24.9. The second-order valence-electron chi connectivity index (χ2n) is 21.5. The Morgan fingerprint density at radius 1 is 0.562 bits per heavy atom. The van der Waals surface area contributed by atoms with Crippen LogP contribution < -0.4 is 0 Å². The lowest BCUT2D eigenvalue weighted by molar-refractivity contribution is -0.158. The molecular formula is C57H76N2O12S2. The number of carbonyl (C=O) groups excluding carboxylic acids is 2. The minimum atomic E-state index is -3.91. The molecule has 0 radical (unpaired) electrons. The van der Waals surface area contributed by atoms with Crippen molar-refractivity contribution in [1.82, 2.24) is 8.61 Å². The van der Waals surface area contributed by atoms with Crippen LogP contribution >= 0.6 is 0 Å². The fraction of sp³-hybridized carbons (Fsp3) is 0.474. The van der Waals surface area contributed by atoms with E-state index in [9.17, 15) is 31.5 Å². The molecular weight excluding hydrogens is 969 g/mol. The molecule has 0 amide bonds. The number of benzene rings is 4. The Balaban J connectivity index is 0.000000271. The van der Waals surface area contributed by atoms with E-state index in [1.807, 2.05) is 109 Å². The maximum atomic E-state index is 13.8. The molecule has 14 nitrogen and oxygen atoms in total. The average Bonchev–Trinajstić information content (AvgIpc) is 3.99. The molecule has 6 aromatic rings. The van der Waals surface area contributed by atoms with Crippen molar-refractivity contribution in [3.63, 3.8) is 0 Å². The van der Waals surface area contributed by atoms with Gasteiger partial charge in [0, 0.05) is 55.9 Å². The van der Waals surface area contributed by atoms with Crippen LogP contribution in [0.3, 0.4) is 0 Å². The highest BCUT2D eigenvalue weighted by atomic mass is 32.2. The van der Waals surface area contributed by atoms with Crippen molar-refractivity contribution in [2.75, 3.05) is 33.3 Å². The number of aliphatic hydroxyl groups is 1. The lowest BCUT2D eigenvalue weighted by Gasteiger charge is -2.32. The van der Waals surface area contributed by atoms with E-state index in [4.69, 9.17) is 23.0 Å². The fourth-order valence-electron chi connectivity index (χ4n) is 8.55. The van der Waals surface area contributed by atoms with Crippen LogP contribution in [0.1, 0.15) is 93.2 Å². The lowest BCUT2D eigenvalue weighted by Crippen LogP contribution is -2.44. The van der Waals surface area contributed by atoms with Crippen molar-refractivity contribution in [2.24, 2.45) is 23.7 Å². The zero-order valence-corrected chi connectivity index (χ0v) is 45.9. The highest BCUT2D eigenvalue weighted by molar-refractivity contribution is 7.89. The summed E-state index contributed by atoms with van der Waals surface area (Å²) in [5, 5.41) is 12.7. The number of carbonyl (C=O) groups is 2. The zero-order chi connectivity index (χ0) is 53.7. The molecule has 6 rings (SSSR count). The molecule has 0 unspecified atom stereocenters. The SMILES string of the molecule is CC(C)CN(C[C@@H](O)[C@@H](CC(=O)OC(C)(C)C)Cc1ccccc1)S(=O)(=O)c1ccc2occc2c1.CO[C@H](CN(CC(C)C)S(=O)(=O)c1ccc2occc2c1)[C@@H](CC(=O)OC(C)(C)C)Cc1ccccc1. The number of sulfonamides is 2. The lowest BCUT2D eigenvalue weighted by atomic mass is 9.90. The molecule has 2 heterocycles. The first-order valence-corrected chi connectivity index (χ1v) is 27.8. The summed E-state index contributed by atoms with van der Waals surface area (Å²) in [6.07, 6.45) is 2.50. The van der Waals surface area contributed by atoms with Crippen LogP contribution in [0.5, 0.6) is 0 Å². The van der Waals surface area contributed by atoms with E-state index >= 15 is 0 Å². The predicted molar refractivity (Wildman–Crippen MR) is 285 cm³/mol. The van der Waals surface area contributed by atoms with Gasteiger partial charge < -0.3 is 28.2 Å². The topological polar surface area (TPSA) is 183 Å². The van der Waals surface area contributed by atoms with Gasteiger partial charge in [-0.05, 0) is 126 Å². The van der Waals surface area contributed by atoms with Crippen LogP contribution in [0.25, 0.3) is 21.9 Å². The number of methoxy groups -OCH3 is 1. The molecule has 0 aliphatic carbocycles. The number of aliphatic hydroxyl groups excluding tert-OH is 1. The summed E-state index contributed by atoms with van der Waals surface area (Å²) < 4.78 is 85.5. The van der Waals surface area contributed by atoms with Crippen LogP contribution in [0, 0.1) is 23.7 Å². The summed E-state index contributed by atoms with van der Waals surface area (Å²) in [6, 6.07) is 32.4. The summed E-state index contributed by atoms with van der Waals surface area (Å²) in [7, 11) is -6.18. The highest BCUT2D eigenvalue weighted by Crippen LogP contribution is 2.29. The molecule has 4 aromatic carbocycles. The minimum absolute atomic E-state index is 0.0239. The first-order chi connectivity index (χ1) is 34.2. The number of hydrogen-bond donors (Lipinski definition) is 1. The van der Waals surface area contributed by atoms with Gasteiger partial charge in [0.15, 0.2) is 0 Å². The van der Waals surface area contributed by atoms with E-state index in [1.165, 1.54) is 20.9 Å². The molecule has 0 aliphatic rings. The Morgan fingerprint density at radius 3 is 1.36 bits per heavy atom. The molecule has 0 aliphatic heterocycles.